The zero-order valence-corrected chi connectivity index (χ0v) is 20.0. The molecule has 4 nitrogen and oxygen atoms in total. The number of benzene rings is 2. The van der Waals surface area contributed by atoms with Gasteiger partial charge in [-0.05, 0) is 86.9 Å². The van der Waals surface area contributed by atoms with E-state index >= 15 is 0 Å². The van der Waals surface area contributed by atoms with Crippen molar-refractivity contribution in [3.8, 4) is 26.8 Å². The number of nitrogens with one attached hydrogen (secondary N) is 1. The van der Waals surface area contributed by atoms with E-state index in [0.717, 1.165) is 54.4 Å². The van der Waals surface area contributed by atoms with Crippen molar-refractivity contribution in [1.29, 1.82) is 0 Å². The van der Waals surface area contributed by atoms with Crippen LogP contribution in [0.5, 0.6) is 5.75 Å². The van der Waals surface area contributed by atoms with Crippen LogP contribution in [0.4, 0.5) is 0 Å². The van der Waals surface area contributed by atoms with E-state index in [1.165, 1.54) is 28.0 Å². The number of fused-ring (bicyclic) bond motifs is 1. The lowest BCUT2D eigenvalue weighted by Crippen LogP contribution is -2.36. The number of hydrogen-bond acceptors (Lipinski definition) is 5. The van der Waals surface area contributed by atoms with Crippen molar-refractivity contribution in [3.05, 3.63) is 59.3 Å². The van der Waals surface area contributed by atoms with Crippen LogP contribution in [0.1, 0.15) is 55.8 Å². The van der Waals surface area contributed by atoms with Gasteiger partial charge in [-0.2, -0.15) is 0 Å². The van der Waals surface area contributed by atoms with Gasteiger partial charge >= 0.3 is 0 Å². The van der Waals surface area contributed by atoms with Gasteiger partial charge in [-0.1, -0.05) is 18.2 Å². The van der Waals surface area contributed by atoms with Gasteiger partial charge in [0.05, 0.1) is 11.0 Å². The largest absolute Gasteiger partial charge is 0.491 e. The lowest BCUT2D eigenvalue weighted by Gasteiger charge is -2.27. The third-order valence-corrected chi connectivity index (χ3v) is 7.56. The van der Waals surface area contributed by atoms with E-state index in [2.05, 4.69) is 62.5 Å². The van der Waals surface area contributed by atoms with Crippen molar-refractivity contribution in [2.45, 2.75) is 64.6 Å². The molecular formula is C27H32N2O2S. The Morgan fingerprint density at radius 1 is 1.12 bits per heavy atom. The molecule has 0 radical (unpaired) electrons. The molecule has 2 aromatic carbocycles. The SMILES string of the molecule is Cc1cc(-c2ncc(-c3cccc4c3CCC4NC3CCOCC3)s2)ccc1OC(C)C. The van der Waals surface area contributed by atoms with E-state index in [1.54, 1.807) is 11.3 Å². The molecule has 1 atom stereocenters. The average molecular weight is 449 g/mol. The number of aromatic nitrogens is 1. The predicted molar refractivity (Wildman–Crippen MR) is 132 cm³/mol. The maximum absolute atomic E-state index is 5.90. The van der Waals surface area contributed by atoms with Gasteiger partial charge in [0.25, 0.3) is 0 Å². The van der Waals surface area contributed by atoms with Crippen LogP contribution >= 0.6 is 11.3 Å². The summed E-state index contributed by atoms with van der Waals surface area (Å²) in [6.45, 7) is 7.98. The Labute approximate surface area is 195 Å². The highest BCUT2D eigenvalue weighted by Gasteiger charge is 2.28. The van der Waals surface area contributed by atoms with Gasteiger partial charge in [0.2, 0.25) is 0 Å². The summed E-state index contributed by atoms with van der Waals surface area (Å²) in [7, 11) is 0. The summed E-state index contributed by atoms with van der Waals surface area (Å²) < 4.78 is 11.4. The average Bonchev–Trinajstić information content (AvgIpc) is 3.43. The van der Waals surface area contributed by atoms with Crippen molar-refractivity contribution < 1.29 is 9.47 Å². The highest BCUT2D eigenvalue weighted by molar-refractivity contribution is 7.18. The fourth-order valence-corrected chi connectivity index (χ4v) is 5.87. The minimum absolute atomic E-state index is 0.177. The molecule has 1 fully saturated rings. The fraction of sp³-hybridized carbons (Fsp3) is 0.444. The van der Waals surface area contributed by atoms with Crippen molar-refractivity contribution in [1.82, 2.24) is 10.3 Å². The third-order valence-electron chi connectivity index (χ3n) is 6.48. The van der Waals surface area contributed by atoms with Gasteiger partial charge in [-0.15, -0.1) is 11.3 Å². The van der Waals surface area contributed by atoms with Crippen LogP contribution in [-0.4, -0.2) is 30.3 Å². The molecule has 1 aliphatic carbocycles. The molecule has 32 heavy (non-hydrogen) atoms. The second-order valence-electron chi connectivity index (χ2n) is 9.19. The monoisotopic (exact) mass is 448 g/mol. The molecule has 2 heterocycles. The number of rotatable bonds is 6. The number of thiazole rings is 1. The minimum atomic E-state index is 0.177. The molecule has 168 valence electrons. The summed E-state index contributed by atoms with van der Waals surface area (Å²) in [5.41, 5.74) is 6.61. The Morgan fingerprint density at radius 3 is 2.75 bits per heavy atom. The maximum Gasteiger partial charge on any atom is 0.123 e. The molecule has 0 saturated carbocycles. The molecule has 1 aliphatic heterocycles. The van der Waals surface area contributed by atoms with Crippen LogP contribution in [0.3, 0.4) is 0 Å². The smallest absolute Gasteiger partial charge is 0.123 e. The first kappa shape index (κ1) is 21.6. The number of hydrogen-bond donors (Lipinski definition) is 1. The summed E-state index contributed by atoms with van der Waals surface area (Å²) in [6.07, 6.45) is 6.75. The van der Waals surface area contributed by atoms with E-state index in [-0.39, 0.29) is 6.10 Å². The summed E-state index contributed by atoms with van der Waals surface area (Å²) >= 11 is 1.78. The lowest BCUT2D eigenvalue weighted by atomic mass is 10.0. The highest BCUT2D eigenvalue weighted by Crippen LogP contribution is 2.41. The zero-order chi connectivity index (χ0) is 22.1. The first-order valence-corrected chi connectivity index (χ1v) is 12.6. The molecule has 1 aromatic heterocycles. The van der Waals surface area contributed by atoms with Crippen LogP contribution < -0.4 is 10.1 Å². The van der Waals surface area contributed by atoms with Crippen LogP contribution in [0.25, 0.3) is 21.0 Å². The van der Waals surface area contributed by atoms with Crippen molar-refractivity contribution in [2.24, 2.45) is 0 Å². The van der Waals surface area contributed by atoms with Crippen LogP contribution in [-0.2, 0) is 11.2 Å². The zero-order valence-electron chi connectivity index (χ0n) is 19.2. The van der Waals surface area contributed by atoms with E-state index in [1.807, 2.05) is 6.20 Å². The van der Waals surface area contributed by atoms with Gasteiger partial charge in [-0.25, -0.2) is 4.98 Å². The Hall–Kier alpha value is -2.21. The van der Waals surface area contributed by atoms with Crippen LogP contribution in [0.15, 0.2) is 42.6 Å². The number of ether oxygens (including phenoxy) is 2. The second kappa shape index (κ2) is 9.34. The van der Waals surface area contributed by atoms with Gasteiger partial charge in [0.1, 0.15) is 10.8 Å². The van der Waals surface area contributed by atoms with Crippen LogP contribution in [0.2, 0.25) is 0 Å². The standard InChI is InChI=1S/C27H32N2O2S/c1-17(2)31-25-10-7-19(15-18(25)3)27-28-16-26(32-27)23-6-4-5-22-21(23)8-9-24(22)29-20-11-13-30-14-12-20/h4-7,10,15-17,20,24,29H,8-9,11-14H2,1-3H3. The maximum atomic E-state index is 5.90. The Balaban J connectivity index is 1.38. The van der Waals surface area contributed by atoms with Gasteiger partial charge < -0.3 is 14.8 Å². The Bertz CT molecular complexity index is 1090. The minimum Gasteiger partial charge on any atom is -0.491 e. The molecular weight excluding hydrogens is 416 g/mol. The molecule has 1 unspecified atom stereocenters. The quantitative estimate of drug-likeness (QED) is 0.479. The highest BCUT2D eigenvalue weighted by atomic mass is 32.1. The molecule has 0 spiro atoms. The van der Waals surface area contributed by atoms with Crippen molar-refractivity contribution in [3.63, 3.8) is 0 Å². The fourth-order valence-electron chi connectivity index (χ4n) is 4.91. The van der Waals surface area contributed by atoms with E-state index < -0.39 is 0 Å². The van der Waals surface area contributed by atoms with Crippen molar-refractivity contribution >= 4 is 11.3 Å². The lowest BCUT2D eigenvalue weighted by molar-refractivity contribution is 0.0749. The first-order chi connectivity index (χ1) is 15.6. The summed E-state index contributed by atoms with van der Waals surface area (Å²) in [6, 6.07) is 14.2. The summed E-state index contributed by atoms with van der Waals surface area (Å²) in [5.74, 6) is 0.949. The molecule has 0 bridgehead atoms. The molecule has 0 amide bonds. The molecule has 5 rings (SSSR count). The van der Waals surface area contributed by atoms with E-state index in [4.69, 9.17) is 14.5 Å². The number of aryl methyl sites for hydroxylation is 1. The molecule has 2 aliphatic rings. The van der Waals surface area contributed by atoms with E-state index in [9.17, 15) is 0 Å². The second-order valence-corrected chi connectivity index (χ2v) is 10.2. The van der Waals surface area contributed by atoms with Crippen LogP contribution in [0, 0.1) is 6.92 Å². The predicted octanol–water partition coefficient (Wildman–Crippen LogP) is 6.33. The first-order valence-electron chi connectivity index (χ1n) is 11.8. The summed E-state index contributed by atoms with van der Waals surface area (Å²) in [5, 5.41) is 4.97. The topological polar surface area (TPSA) is 43.4 Å². The molecule has 1 N–H and O–H groups in total. The van der Waals surface area contributed by atoms with Crippen molar-refractivity contribution in [2.75, 3.05) is 13.2 Å². The molecule has 3 aromatic rings. The van der Waals surface area contributed by atoms with E-state index in [0.29, 0.717) is 12.1 Å². The van der Waals surface area contributed by atoms with Gasteiger partial charge in [0, 0.05) is 37.1 Å². The third kappa shape index (κ3) is 4.47. The van der Waals surface area contributed by atoms with Gasteiger partial charge in [0.15, 0.2) is 0 Å². The molecule has 1 saturated heterocycles. The Morgan fingerprint density at radius 2 is 1.97 bits per heavy atom. The van der Waals surface area contributed by atoms with Gasteiger partial charge in [-0.3, -0.25) is 0 Å². The molecule has 5 heteroatoms. The number of nitrogens with zero attached hydrogens (tertiary/aromatic N) is 1. The normalized spacial score (nSPS) is 18.8. The Kier molecular flexibility index (Phi) is 6.31. The summed E-state index contributed by atoms with van der Waals surface area (Å²) in [4.78, 5) is 6.03.